The van der Waals surface area contributed by atoms with Crippen LogP contribution in [0.15, 0.2) is 42.9 Å². The molecule has 6 heteroatoms. The molecule has 0 aliphatic rings. The molecule has 24 heavy (non-hydrogen) atoms. The molecule has 0 saturated heterocycles. The first-order valence-electron chi connectivity index (χ1n) is 7.65. The van der Waals surface area contributed by atoms with E-state index in [1.165, 1.54) is 6.33 Å². The molecule has 124 valence electrons. The summed E-state index contributed by atoms with van der Waals surface area (Å²) in [5, 5.41) is 0.646. The molecule has 0 atom stereocenters. The van der Waals surface area contributed by atoms with Gasteiger partial charge in [0, 0.05) is 6.20 Å². The number of fused-ring (bicyclic) bond motifs is 1. The Morgan fingerprint density at radius 1 is 1.21 bits per heavy atom. The van der Waals surface area contributed by atoms with Crippen LogP contribution in [0.25, 0.3) is 11.0 Å². The second-order valence-electron chi connectivity index (χ2n) is 6.40. The number of esters is 1. The number of nitrogens with zero attached hydrogens (tertiary/aromatic N) is 2. The predicted octanol–water partition coefficient (Wildman–Crippen LogP) is 3.49. The van der Waals surface area contributed by atoms with Gasteiger partial charge in [0.15, 0.2) is 5.69 Å². The van der Waals surface area contributed by atoms with Gasteiger partial charge in [0.1, 0.15) is 29.9 Å². The van der Waals surface area contributed by atoms with Crippen LogP contribution >= 0.6 is 0 Å². The molecule has 0 amide bonds. The average Bonchev–Trinajstić information content (AvgIpc) is 2.99. The van der Waals surface area contributed by atoms with Crippen LogP contribution in [-0.2, 0) is 11.3 Å². The van der Waals surface area contributed by atoms with Crippen LogP contribution < -0.4 is 4.74 Å². The summed E-state index contributed by atoms with van der Waals surface area (Å²) in [6.45, 7) is 6.10. The van der Waals surface area contributed by atoms with Gasteiger partial charge in [0.25, 0.3) is 0 Å². The number of hydrogen-bond donors (Lipinski definition) is 1. The zero-order valence-electron chi connectivity index (χ0n) is 13.9. The number of carbonyl (C=O) groups excluding carboxylic acids is 1. The molecule has 0 aliphatic carbocycles. The lowest BCUT2D eigenvalue weighted by Crippen LogP contribution is -2.22. The third-order valence-electron chi connectivity index (χ3n) is 3.24. The Morgan fingerprint density at radius 2 is 2.04 bits per heavy atom. The van der Waals surface area contributed by atoms with E-state index in [1.54, 1.807) is 12.3 Å². The Morgan fingerprint density at radius 3 is 2.83 bits per heavy atom. The van der Waals surface area contributed by atoms with E-state index in [1.807, 2.05) is 45.0 Å². The molecule has 3 rings (SSSR count). The summed E-state index contributed by atoms with van der Waals surface area (Å²) >= 11 is 0. The lowest BCUT2D eigenvalue weighted by atomic mass is 10.1. The van der Waals surface area contributed by atoms with Gasteiger partial charge in [-0.3, -0.25) is 0 Å². The Hall–Kier alpha value is -2.89. The van der Waals surface area contributed by atoms with Gasteiger partial charge in [0.05, 0.1) is 5.39 Å². The first-order chi connectivity index (χ1) is 11.4. The summed E-state index contributed by atoms with van der Waals surface area (Å²) < 4.78 is 11.2. The van der Waals surface area contributed by atoms with Crippen LogP contribution in [0.3, 0.4) is 0 Å². The van der Waals surface area contributed by atoms with E-state index in [9.17, 15) is 4.79 Å². The number of nitrogens with one attached hydrogen (secondary N) is 1. The highest BCUT2D eigenvalue weighted by Crippen LogP contribution is 2.20. The lowest BCUT2D eigenvalue weighted by molar-refractivity contribution is 0.0467. The third kappa shape index (κ3) is 3.71. The van der Waals surface area contributed by atoms with Crippen LogP contribution in [0.1, 0.15) is 36.8 Å². The van der Waals surface area contributed by atoms with E-state index < -0.39 is 5.97 Å². The Kier molecular flexibility index (Phi) is 4.20. The zero-order chi connectivity index (χ0) is 17.2. The van der Waals surface area contributed by atoms with Gasteiger partial charge >= 0.3 is 5.97 Å². The first-order valence-corrected chi connectivity index (χ1v) is 7.65. The monoisotopic (exact) mass is 325 g/mol. The molecule has 0 spiro atoms. The summed E-state index contributed by atoms with van der Waals surface area (Å²) in [4.78, 5) is 23.3. The van der Waals surface area contributed by atoms with Crippen LogP contribution in [0.2, 0.25) is 0 Å². The molecule has 6 nitrogen and oxygen atoms in total. The normalized spacial score (nSPS) is 11.5. The summed E-state index contributed by atoms with van der Waals surface area (Å²) in [6, 6.07) is 9.26. The minimum Gasteiger partial charge on any atom is -0.488 e. The fourth-order valence-corrected chi connectivity index (χ4v) is 2.30. The second kappa shape index (κ2) is 6.31. The maximum absolute atomic E-state index is 12.3. The van der Waals surface area contributed by atoms with Gasteiger partial charge in [-0.1, -0.05) is 12.1 Å². The van der Waals surface area contributed by atoms with Gasteiger partial charge in [-0.25, -0.2) is 14.8 Å². The van der Waals surface area contributed by atoms with E-state index in [0.29, 0.717) is 11.0 Å². The van der Waals surface area contributed by atoms with Crippen molar-refractivity contribution in [1.82, 2.24) is 15.0 Å². The number of aromatic amines is 1. The number of H-pyrrole nitrogens is 1. The predicted molar refractivity (Wildman–Crippen MR) is 89.8 cm³/mol. The molecule has 2 aromatic heterocycles. The van der Waals surface area contributed by atoms with Crippen LogP contribution in [-0.4, -0.2) is 26.5 Å². The van der Waals surface area contributed by atoms with Crippen molar-refractivity contribution in [1.29, 1.82) is 0 Å². The van der Waals surface area contributed by atoms with E-state index in [-0.39, 0.29) is 17.9 Å². The highest BCUT2D eigenvalue weighted by atomic mass is 16.5. The second-order valence-corrected chi connectivity index (χ2v) is 6.40. The third-order valence-corrected chi connectivity index (χ3v) is 3.24. The van der Waals surface area contributed by atoms with Crippen LogP contribution in [0.4, 0.5) is 0 Å². The Bertz CT molecular complexity index is 865. The Balaban J connectivity index is 1.70. The standard InChI is InChI=1S/C18H19N3O3/c1-18(2,3)24-13-6-4-5-12(9-13)10-23-17(22)15-14-7-8-19-16(14)21-11-20-15/h4-9,11H,10H2,1-3H3,(H,19,20,21). The molecule has 0 aliphatic heterocycles. The first kappa shape index (κ1) is 16.0. The number of carbonyl (C=O) groups is 1. The molecule has 3 aromatic rings. The maximum Gasteiger partial charge on any atom is 0.358 e. The van der Waals surface area contributed by atoms with E-state index in [2.05, 4.69) is 15.0 Å². The Labute approximate surface area is 139 Å². The van der Waals surface area contributed by atoms with Crippen molar-refractivity contribution in [3.63, 3.8) is 0 Å². The van der Waals surface area contributed by atoms with E-state index >= 15 is 0 Å². The maximum atomic E-state index is 12.3. The highest BCUT2D eigenvalue weighted by Gasteiger charge is 2.15. The van der Waals surface area contributed by atoms with Crippen molar-refractivity contribution in [2.75, 3.05) is 0 Å². The van der Waals surface area contributed by atoms with Crippen molar-refractivity contribution >= 4 is 17.0 Å². The molecule has 0 radical (unpaired) electrons. The number of ether oxygens (including phenoxy) is 2. The van der Waals surface area contributed by atoms with Crippen molar-refractivity contribution in [3.8, 4) is 5.75 Å². The SMILES string of the molecule is CC(C)(C)Oc1cccc(COC(=O)c2ncnc3[nH]ccc23)c1. The van der Waals surface area contributed by atoms with Crippen molar-refractivity contribution in [2.45, 2.75) is 33.0 Å². The molecule has 1 N–H and O–H groups in total. The quantitative estimate of drug-likeness (QED) is 0.743. The highest BCUT2D eigenvalue weighted by molar-refractivity contribution is 6.00. The smallest absolute Gasteiger partial charge is 0.358 e. The number of rotatable bonds is 4. The summed E-state index contributed by atoms with van der Waals surface area (Å²) in [5.74, 6) is 0.259. The van der Waals surface area contributed by atoms with Crippen LogP contribution in [0.5, 0.6) is 5.75 Å². The number of hydrogen-bond acceptors (Lipinski definition) is 5. The molecule has 0 unspecified atom stereocenters. The van der Waals surface area contributed by atoms with Gasteiger partial charge in [0.2, 0.25) is 0 Å². The van der Waals surface area contributed by atoms with Crippen molar-refractivity contribution in [2.24, 2.45) is 0 Å². The average molecular weight is 325 g/mol. The minimum absolute atomic E-state index is 0.149. The fourth-order valence-electron chi connectivity index (χ4n) is 2.30. The molecule has 2 heterocycles. The molecule has 0 bridgehead atoms. The summed E-state index contributed by atoms with van der Waals surface area (Å²) in [6.07, 6.45) is 3.05. The molecular formula is C18H19N3O3. The molecule has 0 fully saturated rings. The number of aromatic nitrogens is 3. The van der Waals surface area contributed by atoms with Gasteiger partial charge < -0.3 is 14.5 Å². The van der Waals surface area contributed by atoms with Crippen molar-refractivity contribution in [3.05, 3.63) is 54.1 Å². The van der Waals surface area contributed by atoms with E-state index in [4.69, 9.17) is 9.47 Å². The summed E-state index contributed by atoms with van der Waals surface area (Å²) in [7, 11) is 0. The zero-order valence-corrected chi connectivity index (χ0v) is 13.9. The molecule has 1 aromatic carbocycles. The van der Waals surface area contributed by atoms with Crippen LogP contribution in [0, 0.1) is 0 Å². The van der Waals surface area contributed by atoms with E-state index in [0.717, 1.165) is 11.3 Å². The topological polar surface area (TPSA) is 77.1 Å². The van der Waals surface area contributed by atoms with Gasteiger partial charge in [-0.2, -0.15) is 0 Å². The minimum atomic E-state index is -0.482. The van der Waals surface area contributed by atoms with Crippen molar-refractivity contribution < 1.29 is 14.3 Å². The summed E-state index contributed by atoms with van der Waals surface area (Å²) in [5.41, 5.74) is 1.43. The van der Waals surface area contributed by atoms with Gasteiger partial charge in [-0.15, -0.1) is 0 Å². The molecular weight excluding hydrogens is 306 g/mol. The largest absolute Gasteiger partial charge is 0.488 e. The fraction of sp³-hybridized carbons (Fsp3) is 0.278. The lowest BCUT2D eigenvalue weighted by Gasteiger charge is -2.21. The number of benzene rings is 1. The van der Waals surface area contributed by atoms with Gasteiger partial charge in [-0.05, 0) is 44.5 Å². The molecule has 0 saturated carbocycles.